The molecule has 0 saturated carbocycles. The van der Waals surface area contributed by atoms with E-state index < -0.39 is 5.97 Å². The molecular weight excluding hydrogens is 365 g/mol. The number of hydrogen-bond acceptors (Lipinski definition) is 4. The van der Waals surface area contributed by atoms with Crippen molar-refractivity contribution in [2.75, 3.05) is 0 Å². The van der Waals surface area contributed by atoms with Crippen molar-refractivity contribution in [2.45, 2.75) is 0 Å². The first-order chi connectivity index (χ1) is 11.9. The molecule has 0 saturated heterocycles. The molecule has 7 heteroatoms. The van der Waals surface area contributed by atoms with Crippen molar-refractivity contribution in [3.8, 4) is 17.1 Å². The van der Waals surface area contributed by atoms with Gasteiger partial charge in [-0.05, 0) is 48.5 Å². The van der Waals surface area contributed by atoms with Gasteiger partial charge in [0.25, 0.3) is 0 Å². The van der Waals surface area contributed by atoms with E-state index in [1.165, 1.54) is 18.3 Å². The van der Waals surface area contributed by atoms with Gasteiger partial charge in [0.1, 0.15) is 22.8 Å². The van der Waals surface area contributed by atoms with Crippen LogP contribution in [0.5, 0.6) is 5.75 Å². The first-order valence-electron chi connectivity index (χ1n) is 7.09. The maximum Gasteiger partial charge on any atom is 0.339 e. The summed E-state index contributed by atoms with van der Waals surface area (Å²) >= 11 is 11.8. The number of carboxylic acid groups (broad SMARTS) is 1. The van der Waals surface area contributed by atoms with Gasteiger partial charge in [0.05, 0.1) is 21.9 Å². The van der Waals surface area contributed by atoms with Crippen molar-refractivity contribution in [3.63, 3.8) is 0 Å². The number of carboxylic acids is 1. The Morgan fingerprint density at radius 1 is 1.04 bits per heavy atom. The van der Waals surface area contributed by atoms with E-state index >= 15 is 0 Å². The fourth-order valence-electron chi connectivity index (χ4n) is 2.14. The van der Waals surface area contributed by atoms with Crippen molar-refractivity contribution in [1.82, 2.24) is 0 Å². The lowest BCUT2D eigenvalue weighted by atomic mass is 10.1. The van der Waals surface area contributed by atoms with Crippen LogP contribution in [0.15, 0.2) is 57.9 Å². The van der Waals surface area contributed by atoms with E-state index in [2.05, 4.69) is 4.99 Å². The van der Waals surface area contributed by atoms with Crippen LogP contribution >= 0.6 is 23.2 Å². The lowest BCUT2D eigenvalue weighted by Crippen LogP contribution is -1.96. The highest BCUT2D eigenvalue weighted by atomic mass is 35.5. The fraction of sp³-hybridized carbons (Fsp3) is 0. The van der Waals surface area contributed by atoms with Crippen LogP contribution in [0.2, 0.25) is 10.0 Å². The van der Waals surface area contributed by atoms with E-state index in [9.17, 15) is 9.90 Å². The molecule has 0 aliphatic heterocycles. The highest BCUT2D eigenvalue weighted by molar-refractivity contribution is 6.42. The summed E-state index contributed by atoms with van der Waals surface area (Å²) in [5.74, 6) is -0.583. The summed E-state index contributed by atoms with van der Waals surface area (Å²) in [6.07, 6.45) is 1.52. The number of aliphatic imine (C=N–C) groups is 1. The minimum Gasteiger partial charge on any atom is -0.507 e. The van der Waals surface area contributed by atoms with Crippen LogP contribution in [-0.4, -0.2) is 22.4 Å². The monoisotopic (exact) mass is 375 g/mol. The number of carbonyl (C=O) groups is 1. The van der Waals surface area contributed by atoms with Crippen LogP contribution in [0.1, 0.15) is 16.1 Å². The van der Waals surface area contributed by atoms with E-state index in [1.54, 1.807) is 36.4 Å². The summed E-state index contributed by atoms with van der Waals surface area (Å²) in [6, 6.07) is 12.6. The highest BCUT2D eigenvalue weighted by Crippen LogP contribution is 2.28. The summed E-state index contributed by atoms with van der Waals surface area (Å²) in [7, 11) is 0. The standard InChI is InChI=1S/C18H11Cl2NO4/c19-14-4-2-11(8-15(14)20)21-9-12-3-6-17(25-12)10-1-5-16(22)13(7-10)18(23)24/h1-9,22H,(H,23,24). The van der Waals surface area contributed by atoms with Crippen LogP contribution in [0.3, 0.4) is 0 Å². The summed E-state index contributed by atoms with van der Waals surface area (Å²) in [5.41, 5.74) is 0.953. The molecule has 1 aromatic heterocycles. The molecule has 3 aromatic rings. The Morgan fingerprint density at radius 3 is 2.56 bits per heavy atom. The van der Waals surface area contributed by atoms with Gasteiger partial charge in [-0.1, -0.05) is 23.2 Å². The fourth-order valence-corrected chi connectivity index (χ4v) is 2.43. The van der Waals surface area contributed by atoms with Crippen LogP contribution in [0.4, 0.5) is 5.69 Å². The van der Waals surface area contributed by atoms with E-state index in [0.717, 1.165) is 0 Å². The molecule has 0 aliphatic rings. The Bertz CT molecular complexity index is 979. The number of nitrogens with zero attached hydrogens (tertiary/aromatic N) is 1. The summed E-state index contributed by atoms with van der Waals surface area (Å²) in [6.45, 7) is 0. The van der Waals surface area contributed by atoms with Gasteiger partial charge in [-0.15, -0.1) is 0 Å². The average Bonchev–Trinajstić information content (AvgIpc) is 3.05. The topological polar surface area (TPSA) is 83.0 Å². The zero-order chi connectivity index (χ0) is 18.0. The predicted octanol–water partition coefficient (Wildman–Crippen LogP) is 5.41. The van der Waals surface area contributed by atoms with E-state index in [0.29, 0.717) is 32.8 Å². The van der Waals surface area contributed by atoms with Crippen molar-refractivity contribution < 1.29 is 19.4 Å². The van der Waals surface area contributed by atoms with Crippen LogP contribution in [-0.2, 0) is 0 Å². The molecule has 0 atom stereocenters. The second-order valence-electron chi connectivity index (χ2n) is 5.10. The molecule has 1 heterocycles. The Balaban J connectivity index is 1.85. The van der Waals surface area contributed by atoms with Crippen molar-refractivity contribution in [2.24, 2.45) is 4.99 Å². The molecule has 0 amide bonds. The van der Waals surface area contributed by atoms with Crippen molar-refractivity contribution in [1.29, 1.82) is 0 Å². The third-order valence-electron chi connectivity index (χ3n) is 3.38. The molecule has 0 bridgehead atoms. The van der Waals surface area contributed by atoms with Gasteiger partial charge in [0.15, 0.2) is 0 Å². The van der Waals surface area contributed by atoms with Gasteiger partial charge < -0.3 is 14.6 Å². The van der Waals surface area contributed by atoms with Gasteiger partial charge >= 0.3 is 5.97 Å². The number of furan rings is 1. The van der Waals surface area contributed by atoms with Gasteiger partial charge in [0, 0.05) is 5.56 Å². The third-order valence-corrected chi connectivity index (χ3v) is 4.12. The molecule has 0 unspecified atom stereocenters. The molecular formula is C18H11Cl2NO4. The van der Waals surface area contributed by atoms with Gasteiger partial charge in [-0.2, -0.15) is 0 Å². The van der Waals surface area contributed by atoms with Crippen molar-refractivity contribution >= 4 is 41.1 Å². The summed E-state index contributed by atoms with van der Waals surface area (Å²) in [4.78, 5) is 15.3. The smallest absolute Gasteiger partial charge is 0.339 e. The lowest BCUT2D eigenvalue weighted by Gasteiger charge is -2.02. The van der Waals surface area contributed by atoms with E-state index in [1.807, 2.05) is 0 Å². The third kappa shape index (κ3) is 3.84. The SMILES string of the molecule is O=C(O)c1cc(-c2ccc(C=Nc3ccc(Cl)c(Cl)c3)o2)ccc1O. The van der Waals surface area contributed by atoms with Crippen LogP contribution in [0, 0.1) is 0 Å². The number of halogens is 2. The van der Waals surface area contributed by atoms with Crippen LogP contribution in [0.25, 0.3) is 11.3 Å². The Hall–Kier alpha value is -2.76. The maximum atomic E-state index is 11.1. The number of aromatic carboxylic acids is 1. The second kappa shape index (κ2) is 7.01. The zero-order valence-corrected chi connectivity index (χ0v) is 14.1. The first kappa shape index (κ1) is 17.1. The first-order valence-corrected chi connectivity index (χ1v) is 7.85. The van der Waals surface area contributed by atoms with E-state index in [4.69, 9.17) is 32.7 Å². The number of aromatic hydroxyl groups is 1. The molecule has 2 N–H and O–H groups in total. The minimum absolute atomic E-state index is 0.195. The lowest BCUT2D eigenvalue weighted by molar-refractivity contribution is 0.0694. The summed E-state index contributed by atoms with van der Waals surface area (Å²) < 4.78 is 5.64. The number of benzene rings is 2. The molecule has 0 spiro atoms. The minimum atomic E-state index is -1.22. The number of rotatable bonds is 4. The molecule has 0 fully saturated rings. The second-order valence-corrected chi connectivity index (χ2v) is 5.91. The Morgan fingerprint density at radius 2 is 1.84 bits per heavy atom. The Labute approximate surface area is 152 Å². The highest BCUT2D eigenvalue weighted by Gasteiger charge is 2.12. The van der Waals surface area contributed by atoms with E-state index in [-0.39, 0.29) is 11.3 Å². The average molecular weight is 376 g/mol. The quantitative estimate of drug-likeness (QED) is 0.597. The molecule has 3 rings (SSSR count). The normalized spacial score (nSPS) is 11.1. The van der Waals surface area contributed by atoms with Gasteiger partial charge in [-0.3, -0.25) is 4.99 Å². The number of phenols is 1. The largest absolute Gasteiger partial charge is 0.507 e. The molecule has 0 radical (unpaired) electrons. The molecule has 25 heavy (non-hydrogen) atoms. The predicted molar refractivity (Wildman–Crippen MR) is 96.5 cm³/mol. The van der Waals surface area contributed by atoms with Crippen LogP contribution < -0.4 is 0 Å². The number of hydrogen-bond donors (Lipinski definition) is 2. The zero-order valence-electron chi connectivity index (χ0n) is 12.6. The van der Waals surface area contributed by atoms with Gasteiger partial charge in [-0.25, -0.2) is 4.79 Å². The molecule has 0 aliphatic carbocycles. The molecule has 126 valence electrons. The Kier molecular flexibility index (Phi) is 4.79. The molecule has 2 aromatic carbocycles. The summed E-state index contributed by atoms with van der Waals surface area (Å²) in [5, 5.41) is 19.5. The maximum absolute atomic E-state index is 11.1. The van der Waals surface area contributed by atoms with Gasteiger partial charge in [0.2, 0.25) is 0 Å². The molecule has 5 nitrogen and oxygen atoms in total. The van der Waals surface area contributed by atoms with Crippen molar-refractivity contribution in [3.05, 3.63) is 69.9 Å².